The molecule has 19 nitrogen and oxygen atoms in total. The van der Waals surface area contributed by atoms with Crippen LogP contribution in [0.5, 0.6) is 11.5 Å². The van der Waals surface area contributed by atoms with Gasteiger partial charge in [0.1, 0.15) is 17.5 Å². The van der Waals surface area contributed by atoms with Crippen LogP contribution in [0.25, 0.3) is 45.4 Å². The molecule has 2 aliphatic heterocycles. The minimum absolute atomic E-state index is 0.341. The standard InChI is InChI=1S/C24H23N7O3.C23H22N6O3/c1-33-19-12-16(9-10-17(19)20-13-26-14-34-20)27-23-28-22(15-6-3-2-4-7-15)29-24(30-23)31-11-5-8-18(31)21(25)32;1-31-19-11-16(7-8-18(19)20-12-24-14-32-20)25-22-26-21(15-5-3-2-4-6-15)27-23(28-22)29-10-9-17(30)13-29/h2-4,6-7,9-10,12-14,18H,5,8,11H2,1H3,(H2,25,32)(H,27,28,29,30);2-8,11-12,14,17,30H,9-10,13H2,1H3,(H,25,26,27,28)/t18-;/m0./s1. The molecule has 1 unspecified atom stereocenters. The van der Waals surface area contributed by atoms with Crippen molar-refractivity contribution in [2.75, 3.05) is 54.3 Å². The molecule has 1 amide bonds. The molecule has 6 heterocycles. The molecule has 0 saturated carbocycles. The van der Waals surface area contributed by atoms with Gasteiger partial charge in [0.15, 0.2) is 36.0 Å². The van der Waals surface area contributed by atoms with Gasteiger partial charge in [-0.2, -0.15) is 29.9 Å². The van der Waals surface area contributed by atoms with E-state index >= 15 is 0 Å². The molecule has 2 saturated heterocycles. The summed E-state index contributed by atoms with van der Waals surface area (Å²) in [6.07, 6.45) is 7.84. The van der Waals surface area contributed by atoms with Crippen LogP contribution in [-0.2, 0) is 4.79 Å². The fourth-order valence-electron chi connectivity index (χ4n) is 7.67. The van der Waals surface area contributed by atoms with E-state index in [-0.39, 0.29) is 12.0 Å². The van der Waals surface area contributed by atoms with Crippen molar-refractivity contribution in [3.05, 3.63) is 122 Å². The average molecular weight is 888 g/mol. The monoisotopic (exact) mass is 887 g/mol. The fourth-order valence-corrected chi connectivity index (χ4v) is 7.67. The maximum absolute atomic E-state index is 12.0. The number of aliphatic hydroxyl groups excluding tert-OH is 1. The molecule has 2 aliphatic rings. The molecule has 66 heavy (non-hydrogen) atoms. The van der Waals surface area contributed by atoms with Crippen LogP contribution in [0.15, 0.2) is 131 Å². The van der Waals surface area contributed by atoms with Crippen molar-refractivity contribution in [1.29, 1.82) is 0 Å². The minimum Gasteiger partial charge on any atom is -0.496 e. The number of amides is 1. The number of nitrogens with two attached hydrogens (primary N) is 1. The van der Waals surface area contributed by atoms with Gasteiger partial charge in [0.25, 0.3) is 0 Å². The predicted octanol–water partition coefficient (Wildman–Crippen LogP) is 6.92. The highest BCUT2D eigenvalue weighted by Crippen LogP contribution is 2.35. The Bertz CT molecular complexity index is 2890. The predicted molar refractivity (Wildman–Crippen MR) is 246 cm³/mol. The number of aliphatic hydroxyl groups is 1. The van der Waals surface area contributed by atoms with E-state index in [0.717, 1.165) is 34.4 Å². The number of hydrogen-bond acceptors (Lipinski definition) is 18. The summed E-state index contributed by atoms with van der Waals surface area (Å²) in [6.45, 7) is 1.83. The smallest absolute Gasteiger partial charge is 0.240 e. The van der Waals surface area contributed by atoms with Crippen molar-refractivity contribution in [3.8, 4) is 56.9 Å². The molecule has 10 rings (SSSR count). The van der Waals surface area contributed by atoms with Gasteiger partial charge in [-0.15, -0.1) is 0 Å². The van der Waals surface area contributed by atoms with Crippen molar-refractivity contribution in [2.45, 2.75) is 31.4 Å². The average Bonchev–Trinajstić information content (AvgIpc) is 4.22. The molecule has 2 fully saturated rings. The molecular weight excluding hydrogens is 843 g/mol. The summed E-state index contributed by atoms with van der Waals surface area (Å²) in [5.74, 6) is 4.81. The van der Waals surface area contributed by atoms with Crippen LogP contribution < -0.4 is 35.6 Å². The first-order chi connectivity index (χ1) is 32.3. The number of β-amino-alcohol motifs (C(OH)–C–C–N with tert-alkyl or cyclic N) is 1. The van der Waals surface area contributed by atoms with Crippen LogP contribution in [0.4, 0.5) is 35.2 Å². The molecule has 5 N–H and O–H groups in total. The van der Waals surface area contributed by atoms with Crippen LogP contribution in [0, 0.1) is 0 Å². The zero-order valence-corrected chi connectivity index (χ0v) is 36.0. The van der Waals surface area contributed by atoms with Gasteiger partial charge in [0.05, 0.1) is 43.8 Å². The molecule has 4 aromatic carbocycles. The normalized spacial score (nSPS) is 15.5. The lowest BCUT2D eigenvalue weighted by Crippen LogP contribution is -2.41. The lowest BCUT2D eigenvalue weighted by Gasteiger charge is -2.23. The maximum Gasteiger partial charge on any atom is 0.240 e. The van der Waals surface area contributed by atoms with E-state index < -0.39 is 6.04 Å². The number of oxazole rings is 2. The summed E-state index contributed by atoms with van der Waals surface area (Å²) in [7, 11) is 3.19. The summed E-state index contributed by atoms with van der Waals surface area (Å²) in [5.41, 5.74) is 10.4. The molecule has 2 atom stereocenters. The Morgan fingerprint density at radius 1 is 0.682 bits per heavy atom. The van der Waals surface area contributed by atoms with Gasteiger partial charge >= 0.3 is 0 Å². The summed E-state index contributed by atoms with van der Waals surface area (Å²) in [6, 6.07) is 30.1. The number of benzene rings is 4. The highest BCUT2D eigenvalue weighted by Gasteiger charge is 2.32. The SMILES string of the molecule is COc1cc(Nc2nc(-c3ccccc3)nc(N3CCC(O)C3)n2)ccc1-c1cnco1.COc1cc(Nc2nc(-c3ccccc3)nc(N3CCC[C@H]3C(N)=O)n2)ccc1-c1cnco1. The Hall–Kier alpha value is -8.45. The Balaban J connectivity index is 0.000000166. The zero-order chi connectivity index (χ0) is 45.4. The second kappa shape index (κ2) is 19.5. The number of carbonyl (C=O) groups excluding carboxylic acids is 1. The van der Waals surface area contributed by atoms with E-state index in [1.165, 1.54) is 12.8 Å². The van der Waals surface area contributed by atoms with Gasteiger partial charge in [0.2, 0.25) is 29.7 Å². The molecule has 334 valence electrons. The van der Waals surface area contributed by atoms with Crippen molar-refractivity contribution in [1.82, 2.24) is 39.9 Å². The lowest BCUT2D eigenvalue weighted by atomic mass is 10.1. The van der Waals surface area contributed by atoms with Gasteiger partial charge in [-0.05, 0) is 43.5 Å². The number of ether oxygens (including phenoxy) is 2. The third-order valence-corrected chi connectivity index (χ3v) is 10.9. The van der Waals surface area contributed by atoms with Crippen molar-refractivity contribution in [3.63, 3.8) is 0 Å². The first-order valence-corrected chi connectivity index (χ1v) is 21.1. The number of nitrogens with zero attached hydrogens (tertiary/aromatic N) is 10. The molecule has 0 spiro atoms. The quantitative estimate of drug-likeness (QED) is 0.0918. The van der Waals surface area contributed by atoms with E-state index in [1.807, 2.05) is 107 Å². The van der Waals surface area contributed by atoms with Gasteiger partial charge < -0.3 is 49.6 Å². The van der Waals surface area contributed by atoms with Gasteiger partial charge in [0, 0.05) is 54.3 Å². The number of nitrogens with one attached hydrogen (secondary N) is 2. The summed E-state index contributed by atoms with van der Waals surface area (Å²) in [5, 5.41) is 16.5. The van der Waals surface area contributed by atoms with Crippen LogP contribution >= 0.6 is 0 Å². The van der Waals surface area contributed by atoms with Gasteiger partial charge in [-0.1, -0.05) is 60.7 Å². The first kappa shape index (κ1) is 42.8. The molecule has 0 aliphatic carbocycles. The highest BCUT2D eigenvalue weighted by atomic mass is 16.5. The van der Waals surface area contributed by atoms with E-state index in [0.29, 0.717) is 96.6 Å². The van der Waals surface area contributed by atoms with Crippen LogP contribution in [0.3, 0.4) is 0 Å². The maximum atomic E-state index is 12.0. The van der Waals surface area contributed by atoms with E-state index in [9.17, 15) is 9.90 Å². The molecule has 0 radical (unpaired) electrons. The summed E-state index contributed by atoms with van der Waals surface area (Å²) in [4.78, 5) is 51.5. The van der Waals surface area contributed by atoms with Gasteiger partial charge in [-0.25, -0.2) is 9.97 Å². The number of methoxy groups -OCH3 is 2. The minimum atomic E-state index is -0.444. The summed E-state index contributed by atoms with van der Waals surface area (Å²) < 4.78 is 21.9. The van der Waals surface area contributed by atoms with E-state index in [4.69, 9.17) is 24.0 Å². The Labute approximate surface area is 378 Å². The molecule has 8 aromatic rings. The second-order valence-electron chi connectivity index (χ2n) is 15.3. The van der Waals surface area contributed by atoms with E-state index in [2.05, 4.69) is 50.5 Å². The van der Waals surface area contributed by atoms with Crippen LogP contribution in [0.2, 0.25) is 0 Å². The topological polar surface area (TPSA) is 242 Å². The Morgan fingerprint density at radius 2 is 1.21 bits per heavy atom. The second-order valence-corrected chi connectivity index (χ2v) is 15.3. The number of anilines is 6. The fraction of sp³-hybridized carbons (Fsp3) is 0.213. The van der Waals surface area contributed by atoms with Crippen LogP contribution in [-0.4, -0.2) is 96.9 Å². The number of aromatic nitrogens is 8. The summed E-state index contributed by atoms with van der Waals surface area (Å²) >= 11 is 0. The van der Waals surface area contributed by atoms with Gasteiger partial charge in [-0.3, -0.25) is 4.79 Å². The van der Waals surface area contributed by atoms with Crippen molar-refractivity contribution >= 4 is 41.1 Å². The first-order valence-electron chi connectivity index (χ1n) is 21.1. The zero-order valence-electron chi connectivity index (χ0n) is 36.0. The number of hydrogen-bond donors (Lipinski definition) is 4. The number of carbonyl (C=O) groups is 1. The van der Waals surface area contributed by atoms with Crippen molar-refractivity contribution < 1.29 is 28.2 Å². The molecule has 19 heteroatoms. The molecule has 4 aromatic heterocycles. The Kier molecular flexibility index (Phi) is 12.7. The molecular formula is C47H45N13O6. The highest BCUT2D eigenvalue weighted by molar-refractivity contribution is 5.84. The lowest BCUT2D eigenvalue weighted by molar-refractivity contribution is -0.119. The number of primary amides is 1. The van der Waals surface area contributed by atoms with Crippen LogP contribution in [0.1, 0.15) is 19.3 Å². The third-order valence-electron chi connectivity index (χ3n) is 10.9. The number of rotatable bonds is 13. The third kappa shape index (κ3) is 9.70. The molecule has 0 bridgehead atoms. The van der Waals surface area contributed by atoms with Crippen molar-refractivity contribution in [2.24, 2.45) is 5.73 Å². The Morgan fingerprint density at radius 3 is 1.68 bits per heavy atom. The van der Waals surface area contributed by atoms with E-state index in [1.54, 1.807) is 26.6 Å². The largest absolute Gasteiger partial charge is 0.496 e.